The zero-order valence-corrected chi connectivity index (χ0v) is 10.7. The largest absolute Gasteiger partial charge is 0.493 e. The first-order valence-corrected chi connectivity index (χ1v) is 6.11. The number of hydrogen-bond acceptors (Lipinski definition) is 3. The molecule has 0 aromatic heterocycles. The van der Waals surface area contributed by atoms with Gasteiger partial charge in [0, 0.05) is 12.0 Å². The molecule has 4 heteroatoms. The summed E-state index contributed by atoms with van der Waals surface area (Å²) in [5.74, 6) is 0.0727. The van der Waals surface area contributed by atoms with Crippen LogP contribution in [0.15, 0.2) is 48.5 Å². The maximum absolute atomic E-state index is 12.7. The van der Waals surface area contributed by atoms with Gasteiger partial charge in [0.25, 0.3) is 0 Å². The van der Waals surface area contributed by atoms with Crippen LogP contribution in [0.25, 0.3) is 0 Å². The lowest BCUT2D eigenvalue weighted by Crippen LogP contribution is -2.06. The van der Waals surface area contributed by atoms with E-state index in [1.165, 1.54) is 24.3 Å². The number of hydrogen-bond donors (Lipinski definition) is 0. The summed E-state index contributed by atoms with van der Waals surface area (Å²) in [7, 11) is 0. The Morgan fingerprint density at radius 2 is 1.95 bits per heavy atom. The van der Waals surface area contributed by atoms with Crippen LogP contribution in [0.4, 0.5) is 4.39 Å². The standard InChI is InChI=1S/C16H12FNO2/c17-14-6-4-13(5-7-14)16(19)8-9-20-15-3-1-2-12(10-15)11-18/h1-7,10H,8-9H2. The lowest BCUT2D eigenvalue weighted by molar-refractivity contribution is 0.0962. The van der Waals surface area contributed by atoms with Gasteiger partial charge >= 0.3 is 0 Å². The number of rotatable bonds is 5. The lowest BCUT2D eigenvalue weighted by Gasteiger charge is -2.06. The second-order valence-electron chi connectivity index (χ2n) is 4.17. The molecule has 0 unspecified atom stereocenters. The van der Waals surface area contributed by atoms with Crippen molar-refractivity contribution in [2.45, 2.75) is 6.42 Å². The van der Waals surface area contributed by atoms with Gasteiger partial charge < -0.3 is 4.74 Å². The summed E-state index contributed by atoms with van der Waals surface area (Å²) in [6.07, 6.45) is 0.197. The Labute approximate surface area is 116 Å². The maximum atomic E-state index is 12.7. The van der Waals surface area contributed by atoms with Gasteiger partial charge in [-0.25, -0.2) is 4.39 Å². The first kappa shape index (κ1) is 13.8. The Balaban J connectivity index is 1.88. The van der Waals surface area contributed by atoms with Crippen molar-refractivity contribution in [2.24, 2.45) is 0 Å². The van der Waals surface area contributed by atoms with Crippen molar-refractivity contribution >= 4 is 5.78 Å². The minimum Gasteiger partial charge on any atom is -0.493 e. The van der Waals surface area contributed by atoms with E-state index >= 15 is 0 Å². The highest BCUT2D eigenvalue weighted by Crippen LogP contribution is 2.13. The van der Waals surface area contributed by atoms with Gasteiger partial charge in [-0.15, -0.1) is 0 Å². The molecular formula is C16H12FNO2. The monoisotopic (exact) mass is 269 g/mol. The average molecular weight is 269 g/mol. The number of ether oxygens (including phenoxy) is 1. The molecule has 0 spiro atoms. The molecular weight excluding hydrogens is 257 g/mol. The summed E-state index contributed by atoms with van der Waals surface area (Å²) in [6.45, 7) is 0.213. The summed E-state index contributed by atoms with van der Waals surface area (Å²) in [5, 5.41) is 8.76. The van der Waals surface area contributed by atoms with Crippen molar-refractivity contribution in [1.82, 2.24) is 0 Å². The number of benzene rings is 2. The summed E-state index contributed by atoms with van der Waals surface area (Å²) in [6, 6.07) is 14.2. The number of carbonyl (C=O) groups is 1. The quantitative estimate of drug-likeness (QED) is 0.782. The predicted octanol–water partition coefficient (Wildman–Crippen LogP) is 3.35. The van der Waals surface area contributed by atoms with Crippen LogP contribution in [0.2, 0.25) is 0 Å². The molecule has 0 atom stereocenters. The third kappa shape index (κ3) is 3.66. The number of Topliss-reactive ketones (excluding diaryl/α,β-unsaturated/α-hetero) is 1. The average Bonchev–Trinajstić information content (AvgIpc) is 2.48. The Kier molecular flexibility index (Phi) is 4.46. The maximum Gasteiger partial charge on any atom is 0.166 e. The van der Waals surface area contributed by atoms with Gasteiger partial charge in [-0.2, -0.15) is 5.26 Å². The molecule has 2 aromatic rings. The van der Waals surface area contributed by atoms with E-state index in [1.54, 1.807) is 24.3 Å². The molecule has 0 saturated carbocycles. The number of halogens is 1. The normalized spacial score (nSPS) is 9.80. The molecule has 0 aliphatic rings. The van der Waals surface area contributed by atoms with Gasteiger partial charge in [0.15, 0.2) is 5.78 Å². The zero-order chi connectivity index (χ0) is 14.4. The summed E-state index contributed by atoms with van der Waals surface area (Å²) in [4.78, 5) is 11.8. The van der Waals surface area contributed by atoms with Crippen LogP contribution in [0.1, 0.15) is 22.3 Å². The molecule has 0 fully saturated rings. The highest BCUT2D eigenvalue weighted by molar-refractivity contribution is 5.96. The fourth-order valence-electron chi connectivity index (χ4n) is 1.70. The molecule has 0 amide bonds. The zero-order valence-electron chi connectivity index (χ0n) is 10.7. The summed E-state index contributed by atoms with van der Waals surface area (Å²) < 4.78 is 18.2. The van der Waals surface area contributed by atoms with Crippen LogP contribution >= 0.6 is 0 Å². The van der Waals surface area contributed by atoms with E-state index in [4.69, 9.17) is 10.00 Å². The third-order valence-corrected chi connectivity index (χ3v) is 2.73. The molecule has 0 aliphatic carbocycles. The van der Waals surface area contributed by atoms with E-state index in [2.05, 4.69) is 0 Å². The van der Waals surface area contributed by atoms with Crippen molar-refractivity contribution in [3.8, 4) is 11.8 Å². The first-order chi connectivity index (χ1) is 9.69. The van der Waals surface area contributed by atoms with E-state index < -0.39 is 0 Å². The third-order valence-electron chi connectivity index (χ3n) is 2.73. The van der Waals surface area contributed by atoms with E-state index in [0.29, 0.717) is 16.9 Å². The van der Waals surface area contributed by atoms with E-state index in [0.717, 1.165) is 0 Å². The van der Waals surface area contributed by atoms with Crippen LogP contribution in [0, 0.1) is 17.1 Å². The van der Waals surface area contributed by atoms with Crippen LogP contribution in [-0.4, -0.2) is 12.4 Å². The van der Waals surface area contributed by atoms with Gasteiger partial charge in [0.05, 0.1) is 18.2 Å². The molecule has 0 saturated heterocycles. The molecule has 100 valence electrons. The Morgan fingerprint density at radius 3 is 2.65 bits per heavy atom. The molecule has 2 rings (SSSR count). The molecule has 2 aromatic carbocycles. The molecule has 3 nitrogen and oxygen atoms in total. The molecule has 0 heterocycles. The van der Waals surface area contributed by atoms with Crippen molar-refractivity contribution in [3.63, 3.8) is 0 Å². The topological polar surface area (TPSA) is 50.1 Å². The number of carbonyl (C=O) groups excluding carboxylic acids is 1. The smallest absolute Gasteiger partial charge is 0.166 e. The fraction of sp³-hybridized carbons (Fsp3) is 0.125. The van der Waals surface area contributed by atoms with E-state index in [9.17, 15) is 9.18 Å². The van der Waals surface area contributed by atoms with Gasteiger partial charge in [-0.3, -0.25) is 4.79 Å². The Morgan fingerprint density at radius 1 is 1.20 bits per heavy atom. The summed E-state index contributed by atoms with van der Waals surface area (Å²) >= 11 is 0. The van der Waals surface area contributed by atoms with Gasteiger partial charge in [0.1, 0.15) is 11.6 Å². The first-order valence-electron chi connectivity index (χ1n) is 6.11. The predicted molar refractivity (Wildman–Crippen MR) is 72.0 cm³/mol. The molecule has 20 heavy (non-hydrogen) atoms. The summed E-state index contributed by atoms with van der Waals surface area (Å²) in [5.41, 5.74) is 0.966. The molecule has 0 radical (unpaired) electrons. The van der Waals surface area contributed by atoms with Gasteiger partial charge in [-0.1, -0.05) is 6.07 Å². The molecule has 0 N–H and O–H groups in total. The van der Waals surface area contributed by atoms with Crippen LogP contribution in [0.3, 0.4) is 0 Å². The molecule has 0 bridgehead atoms. The minimum atomic E-state index is -0.369. The second-order valence-corrected chi connectivity index (χ2v) is 4.17. The van der Waals surface area contributed by atoms with Gasteiger partial charge in [-0.05, 0) is 42.5 Å². The number of nitrogens with zero attached hydrogens (tertiary/aromatic N) is 1. The van der Waals surface area contributed by atoms with E-state index in [1.807, 2.05) is 6.07 Å². The lowest BCUT2D eigenvalue weighted by atomic mass is 10.1. The number of nitriles is 1. The van der Waals surface area contributed by atoms with Crippen LogP contribution in [0.5, 0.6) is 5.75 Å². The van der Waals surface area contributed by atoms with Crippen molar-refractivity contribution < 1.29 is 13.9 Å². The molecule has 0 aliphatic heterocycles. The fourth-order valence-corrected chi connectivity index (χ4v) is 1.70. The minimum absolute atomic E-state index is 0.110. The highest BCUT2D eigenvalue weighted by Gasteiger charge is 2.06. The van der Waals surface area contributed by atoms with Crippen LogP contribution < -0.4 is 4.74 Å². The number of ketones is 1. The van der Waals surface area contributed by atoms with E-state index in [-0.39, 0.29) is 24.6 Å². The van der Waals surface area contributed by atoms with Crippen molar-refractivity contribution in [1.29, 1.82) is 5.26 Å². The van der Waals surface area contributed by atoms with Crippen molar-refractivity contribution in [3.05, 3.63) is 65.5 Å². The second kappa shape index (κ2) is 6.48. The van der Waals surface area contributed by atoms with Crippen LogP contribution in [-0.2, 0) is 0 Å². The van der Waals surface area contributed by atoms with Crippen molar-refractivity contribution in [2.75, 3.05) is 6.61 Å². The van der Waals surface area contributed by atoms with Gasteiger partial charge in [0.2, 0.25) is 0 Å². The Bertz CT molecular complexity index is 644. The SMILES string of the molecule is N#Cc1cccc(OCCC(=O)c2ccc(F)cc2)c1. The Hall–Kier alpha value is -2.67. The highest BCUT2D eigenvalue weighted by atomic mass is 19.1.